The summed E-state index contributed by atoms with van der Waals surface area (Å²) in [7, 11) is 0. The molecule has 0 bridgehead atoms. The highest BCUT2D eigenvalue weighted by atomic mass is 15.2. The number of hydrogen-bond acceptors (Lipinski definition) is 2. The summed E-state index contributed by atoms with van der Waals surface area (Å²) in [5.41, 5.74) is 21.7. The quantitative estimate of drug-likeness (QED) is 0.152. The Morgan fingerprint density at radius 2 is 0.818 bits per heavy atom. The molecule has 0 spiro atoms. The summed E-state index contributed by atoms with van der Waals surface area (Å²) >= 11 is 0. The first-order valence-corrected chi connectivity index (χ1v) is 20.0. The van der Waals surface area contributed by atoms with Crippen molar-refractivity contribution in [1.82, 2.24) is 0 Å². The van der Waals surface area contributed by atoms with Crippen molar-refractivity contribution in [3.8, 4) is 22.3 Å². The van der Waals surface area contributed by atoms with E-state index in [0.29, 0.717) is 17.8 Å². The molecule has 0 N–H and O–H groups in total. The Morgan fingerprint density at radius 1 is 0.382 bits per heavy atom. The number of anilines is 6. The molecule has 270 valence electrons. The zero-order chi connectivity index (χ0) is 38.0. The minimum atomic E-state index is 0.0846. The smallest absolute Gasteiger partial charge is 0.252 e. The molecule has 7 aromatic rings. The first kappa shape index (κ1) is 34.9. The maximum absolute atomic E-state index is 2.57. The normalized spacial score (nSPS) is 13.0. The van der Waals surface area contributed by atoms with E-state index in [1.807, 2.05) is 0 Å². The monoisotopic (exact) mass is 712 g/mol. The summed E-state index contributed by atoms with van der Waals surface area (Å²) in [5, 5.41) is 0. The van der Waals surface area contributed by atoms with Crippen LogP contribution in [0.2, 0.25) is 0 Å². The van der Waals surface area contributed by atoms with Crippen molar-refractivity contribution >= 4 is 57.2 Å². The molecule has 0 aliphatic carbocycles. The number of aryl methyl sites for hydroxylation is 1. The molecule has 0 fully saturated rings. The molecule has 0 aromatic heterocycles. The Hall–Kier alpha value is -5.80. The van der Waals surface area contributed by atoms with Crippen molar-refractivity contribution in [3.63, 3.8) is 0 Å². The summed E-state index contributed by atoms with van der Waals surface area (Å²) in [5.74, 6) is 1.30. The van der Waals surface area contributed by atoms with Crippen molar-refractivity contribution in [2.24, 2.45) is 0 Å². The second-order valence-electron chi connectivity index (χ2n) is 16.5. The summed E-state index contributed by atoms with van der Waals surface area (Å²) in [6.45, 7) is 16.1. The second-order valence-corrected chi connectivity index (χ2v) is 16.5. The van der Waals surface area contributed by atoms with Gasteiger partial charge >= 0.3 is 0 Å². The third kappa shape index (κ3) is 6.07. The van der Waals surface area contributed by atoms with Gasteiger partial charge < -0.3 is 9.80 Å². The molecule has 0 radical (unpaired) electrons. The number of hydrogen-bond donors (Lipinski definition) is 0. The highest BCUT2D eigenvalue weighted by Crippen LogP contribution is 2.46. The number of benzene rings is 7. The molecule has 2 aliphatic rings. The average Bonchev–Trinajstić information content (AvgIpc) is 3.20. The Labute approximate surface area is 328 Å². The van der Waals surface area contributed by atoms with Crippen LogP contribution < -0.4 is 26.2 Å². The first-order chi connectivity index (χ1) is 26.7. The van der Waals surface area contributed by atoms with E-state index in [9.17, 15) is 0 Å². The van der Waals surface area contributed by atoms with Gasteiger partial charge in [-0.15, -0.1) is 0 Å². The molecule has 2 nitrogen and oxygen atoms in total. The molecule has 2 aliphatic heterocycles. The molecule has 0 saturated carbocycles. The van der Waals surface area contributed by atoms with Crippen LogP contribution in [0.4, 0.5) is 34.1 Å². The fraction of sp³-hybridized carbons (Fsp3) is 0.192. The van der Waals surface area contributed by atoms with Gasteiger partial charge in [-0.3, -0.25) is 0 Å². The van der Waals surface area contributed by atoms with Crippen molar-refractivity contribution in [3.05, 3.63) is 174 Å². The van der Waals surface area contributed by atoms with Crippen molar-refractivity contribution < 1.29 is 0 Å². The van der Waals surface area contributed by atoms with Crippen molar-refractivity contribution in [2.45, 2.75) is 66.2 Å². The van der Waals surface area contributed by atoms with Gasteiger partial charge in [-0.25, -0.2) is 0 Å². The lowest BCUT2D eigenvalue weighted by molar-refractivity contribution is 0.866. The Balaban J connectivity index is 1.36. The van der Waals surface area contributed by atoms with Crippen molar-refractivity contribution in [2.75, 3.05) is 9.80 Å². The van der Waals surface area contributed by atoms with Crippen LogP contribution in [0.1, 0.15) is 81.5 Å². The molecule has 9 rings (SSSR count). The Morgan fingerprint density at radius 3 is 1.27 bits per heavy atom. The average molecular weight is 713 g/mol. The lowest BCUT2D eigenvalue weighted by Crippen LogP contribution is -2.61. The van der Waals surface area contributed by atoms with E-state index in [0.717, 1.165) is 0 Å². The molecule has 3 heteroatoms. The minimum absolute atomic E-state index is 0.0846. The zero-order valence-electron chi connectivity index (χ0n) is 33.1. The third-order valence-corrected chi connectivity index (χ3v) is 11.8. The number of nitrogens with zero attached hydrogens (tertiary/aromatic N) is 2. The van der Waals surface area contributed by atoms with Gasteiger partial charge in [0.25, 0.3) is 6.71 Å². The van der Waals surface area contributed by atoms with E-state index in [1.54, 1.807) is 0 Å². The molecule has 0 unspecified atom stereocenters. The fourth-order valence-corrected chi connectivity index (χ4v) is 8.80. The van der Waals surface area contributed by atoms with Gasteiger partial charge in [-0.2, -0.15) is 0 Å². The van der Waals surface area contributed by atoms with Crippen molar-refractivity contribution in [1.29, 1.82) is 0 Å². The molecular weight excluding hydrogens is 663 g/mol. The maximum atomic E-state index is 2.57. The molecule has 0 atom stereocenters. The molecule has 2 heterocycles. The van der Waals surface area contributed by atoms with Crippen LogP contribution in [0.3, 0.4) is 0 Å². The Kier molecular flexibility index (Phi) is 8.77. The van der Waals surface area contributed by atoms with Gasteiger partial charge in [0.2, 0.25) is 0 Å². The molecule has 0 saturated heterocycles. The zero-order valence-corrected chi connectivity index (χ0v) is 33.1. The molecular formula is C52H49BN2. The minimum Gasteiger partial charge on any atom is -0.311 e. The topological polar surface area (TPSA) is 6.48 Å². The largest absolute Gasteiger partial charge is 0.311 e. The highest BCUT2D eigenvalue weighted by molar-refractivity contribution is 7.00. The summed E-state index contributed by atoms with van der Waals surface area (Å²) < 4.78 is 0. The standard InChI is InChI=1S/C52H49BN2/c1-33(2)37-18-22-44(23-19-37)54-48-24-20-40(34(3)4)31-46(48)53-47-32-41(35(5)6)21-25-49(47)55(51-27-36(7)26-50(54)52(51)53)45-29-42(38-14-10-8-11-15-38)28-43(30-45)39-16-12-9-13-17-39/h8-35H,1-7H3. The first-order valence-electron chi connectivity index (χ1n) is 20.0. The van der Waals surface area contributed by atoms with Gasteiger partial charge in [0.1, 0.15) is 0 Å². The van der Waals surface area contributed by atoms with Crippen LogP contribution in [0.15, 0.2) is 152 Å². The predicted molar refractivity (Wildman–Crippen MR) is 238 cm³/mol. The summed E-state index contributed by atoms with van der Waals surface area (Å²) in [6.07, 6.45) is 0. The summed E-state index contributed by atoms with van der Waals surface area (Å²) in [4.78, 5) is 5.11. The fourth-order valence-electron chi connectivity index (χ4n) is 8.80. The second kappa shape index (κ2) is 13.8. The van der Waals surface area contributed by atoms with Gasteiger partial charge in [-0.05, 0) is 140 Å². The van der Waals surface area contributed by atoms with Crippen LogP contribution in [0.5, 0.6) is 0 Å². The van der Waals surface area contributed by atoms with E-state index < -0.39 is 0 Å². The molecule has 55 heavy (non-hydrogen) atoms. The van der Waals surface area contributed by atoms with Gasteiger partial charge in [0, 0.05) is 34.1 Å². The van der Waals surface area contributed by atoms with E-state index >= 15 is 0 Å². The van der Waals surface area contributed by atoms with Gasteiger partial charge in [0.05, 0.1) is 0 Å². The number of fused-ring (bicyclic) bond motifs is 4. The van der Waals surface area contributed by atoms with Crippen LogP contribution in [0.25, 0.3) is 22.3 Å². The third-order valence-electron chi connectivity index (χ3n) is 11.8. The lowest BCUT2D eigenvalue weighted by atomic mass is 9.33. The van der Waals surface area contributed by atoms with Crippen LogP contribution >= 0.6 is 0 Å². The SMILES string of the molecule is Cc1cc2c3c(c1)N(c1cc(-c4ccccc4)cc(-c4ccccc4)c1)c1ccc(C(C)C)cc1B3c1cc(C(C)C)ccc1N2c1ccc(C(C)C)cc1. The van der Waals surface area contributed by atoms with E-state index in [-0.39, 0.29) is 6.71 Å². The Bertz CT molecular complexity index is 2480. The van der Waals surface area contributed by atoms with E-state index in [2.05, 4.69) is 210 Å². The van der Waals surface area contributed by atoms with Crippen LogP contribution in [-0.4, -0.2) is 6.71 Å². The molecule has 7 aromatic carbocycles. The predicted octanol–water partition coefficient (Wildman–Crippen LogP) is 12.8. The highest BCUT2D eigenvalue weighted by Gasteiger charge is 2.44. The number of rotatable bonds is 7. The van der Waals surface area contributed by atoms with Gasteiger partial charge in [0.15, 0.2) is 0 Å². The van der Waals surface area contributed by atoms with Crippen LogP contribution in [0, 0.1) is 6.92 Å². The van der Waals surface area contributed by atoms with Gasteiger partial charge in [-0.1, -0.05) is 139 Å². The van der Waals surface area contributed by atoms with E-state index in [1.165, 1.54) is 95.0 Å². The van der Waals surface area contributed by atoms with E-state index in [4.69, 9.17) is 0 Å². The maximum Gasteiger partial charge on any atom is 0.252 e. The van der Waals surface area contributed by atoms with Crippen LogP contribution in [-0.2, 0) is 0 Å². The molecule has 0 amide bonds. The lowest BCUT2D eigenvalue weighted by Gasteiger charge is -2.45. The summed E-state index contributed by atoms with van der Waals surface area (Å²) in [6, 6.07) is 57.4.